The lowest BCUT2D eigenvalue weighted by Gasteiger charge is -2.24. The highest BCUT2D eigenvalue weighted by Crippen LogP contribution is 2.19. The van der Waals surface area contributed by atoms with Crippen LogP contribution >= 0.6 is 0 Å². The fourth-order valence-corrected chi connectivity index (χ4v) is 4.23. The molecule has 0 spiro atoms. The number of carbonyl (C=O) groups excluding carboxylic acids is 3. The van der Waals surface area contributed by atoms with Crippen molar-refractivity contribution in [1.82, 2.24) is 26.3 Å². The summed E-state index contributed by atoms with van der Waals surface area (Å²) in [5.74, 6) is -2.55. The molecule has 11 heteroatoms. The van der Waals surface area contributed by atoms with Crippen molar-refractivity contribution in [2.45, 2.75) is 56.7 Å². The zero-order chi connectivity index (χ0) is 25.2. The first kappa shape index (κ1) is 26.2. The largest absolute Gasteiger partial charge is 0.480 e. The number of H-pyrrole nitrogens is 1. The van der Waals surface area contributed by atoms with E-state index in [4.69, 9.17) is 10.8 Å². The van der Waals surface area contributed by atoms with Crippen molar-refractivity contribution in [1.29, 1.82) is 0 Å². The van der Waals surface area contributed by atoms with Crippen molar-refractivity contribution >= 4 is 34.6 Å². The highest BCUT2D eigenvalue weighted by Gasteiger charge is 2.30. The Balaban J connectivity index is 1.77. The molecule has 3 rings (SSSR count). The number of hydrogen-bond acceptors (Lipinski definition) is 6. The van der Waals surface area contributed by atoms with Gasteiger partial charge in [-0.1, -0.05) is 18.2 Å². The van der Waals surface area contributed by atoms with Gasteiger partial charge in [0.1, 0.15) is 18.6 Å². The monoisotopic (exact) mass is 486 g/mol. The second-order valence-corrected chi connectivity index (χ2v) is 8.73. The number of unbranched alkanes of at least 4 members (excludes halogenated alkanes) is 1. The molecule has 3 amide bonds. The van der Waals surface area contributed by atoms with Crippen LogP contribution in [0.3, 0.4) is 0 Å². The molecule has 1 aliphatic heterocycles. The van der Waals surface area contributed by atoms with E-state index in [1.165, 1.54) is 0 Å². The van der Waals surface area contributed by atoms with Crippen LogP contribution in [0.4, 0.5) is 0 Å². The van der Waals surface area contributed by atoms with E-state index in [0.717, 1.165) is 29.4 Å². The van der Waals surface area contributed by atoms with E-state index < -0.39 is 36.4 Å². The number of fused-ring (bicyclic) bond motifs is 1. The first-order valence-electron chi connectivity index (χ1n) is 12.0. The third-order valence-electron chi connectivity index (χ3n) is 6.10. The first-order chi connectivity index (χ1) is 16.9. The number of benzene rings is 1. The number of para-hydroxylation sites is 1. The second kappa shape index (κ2) is 12.9. The minimum atomic E-state index is -1.18. The van der Waals surface area contributed by atoms with E-state index in [-0.39, 0.29) is 18.4 Å². The van der Waals surface area contributed by atoms with E-state index in [0.29, 0.717) is 32.2 Å². The Morgan fingerprint density at radius 2 is 1.89 bits per heavy atom. The number of nitrogens with one attached hydrogen (secondary N) is 5. The molecule has 1 aromatic heterocycles. The maximum Gasteiger partial charge on any atom is 0.322 e. The predicted molar refractivity (Wildman–Crippen MR) is 130 cm³/mol. The van der Waals surface area contributed by atoms with Gasteiger partial charge in [0.05, 0.1) is 6.04 Å². The molecule has 1 aliphatic rings. The summed E-state index contributed by atoms with van der Waals surface area (Å²) in [6.45, 7) is 0.625. The Kier molecular flexibility index (Phi) is 9.62. The average Bonchev–Trinajstić information content (AvgIpc) is 3.52. The molecule has 190 valence electrons. The van der Waals surface area contributed by atoms with Crippen LogP contribution in [0.2, 0.25) is 0 Å². The molecule has 3 atom stereocenters. The molecule has 3 unspecified atom stereocenters. The standard InChI is InChI=1S/C24H34N6O5/c25-10-4-3-8-19(22(33)28-14-21(31)32)29-24(35)20(30-23(34)18-9-5-11-26-18)12-15-13-27-17-7-2-1-6-16(15)17/h1-2,6-7,13,18-20,26-27H,3-5,8-12,14,25H2,(H,28,33)(H,29,35)(H,30,34)(H,31,32). The van der Waals surface area contributed by atoms with Crippen molar-refractivity contribution in [3.63, 3.8) is 0 Å². The van der Waals surface area contributed by atoms with Gasteiger partial charge in [0.25, 0.3) is 0 Å². The summed E-state index contributed by atoms with van der Waals surface area (Å²) >= 11 is 0. The number of rotatable bonds is 13. The summed E-state index contributed by atoms with van der Waals surface area (Å²) in [5.41, 5.74) is 7.32. The van der Waals surface area contributed by atoms with Crippen molar-refractivity contribution in [2.24, 2.45) is 5.73 Å². The van der Waals surface area contributed by atoms with Crippen molar-refractivity contribution in [3.05, 3.63) is 36.0 Å². The third-order valence-corrected chi connectivity index (χ3v) is 6.10. The number of carbonyl (C=O) groups is 4. The number of carboxylic acid groups (broad SMARTS) is 1. The molecule has 0 saturated carbocycles. The topological polar surface area (TPSA) is 178 Å². The molecule has 2 aromatic rings. The lowest BCUT2D eigenvalue weighted by atomic mass is 10.0. The van der Waals surface area contributed by atoms with E-state index in [9.17, 15) is 19.2 Å². The van der Waals surface area contributed by atoms with Gasteiger partial charge < -0.3 is 37.1 Å². The van der Waals surface area contributed by atoms with Crippen LogP contribution in [0.1, 0.15) is 37.7 Å². The number of carboxylic acids is 1. The molecule has 35 heavy (non-hydrogen) atoms. The van der Waals surface area contributed by atoms with Gasteiger partial charge in [-0.25, -0.2) is 0 Å². The van der Waals surface area contributed by atoms with Gasteiger partial charge >= 0.3 is 5.97 Å². The van der Waals surface area contributed by atoms with Crippen LogP contribution in [0.15, 0.2) is 30.5 Å². The summed E-state index contributed by atoms with van der Waals surface area (Å²) in [6.07, 6.45) is 5.13. The van der Waals surface area contributed by atoms with Crippen molar-refractivity contribution in [3.8, 4) is 0 Å². The fourth-order valence-electron chi connectivity index (χ4n) is 4.23. The number of aromatic amines is 1. The summed E-state index contributed by atoms with van der Waals surface area (Å²) in [6, 6.07) is 5.43. The van der Waals surface area contributed by atoms with Gasteiger partial charge in [-0.2, -0.15) is 0 Å². The molecule has 1 saturated heterocycles. The maximum atomic E-state index is 13.4. The Bertz CT molecular complexity index is 1030. The summed E-state index contributed by atoms with van der Waals surface area (Å²) in [7, 11) is 0. The normalized spacial score (nSPS) is 17.0. The average molecular weight is 487 g/mol. The summed E-state index contributed by atoms with van der Waals surface area (Å²) in [5, 5.41) is 20.9. The van der Waals surface area contributed by atoms with Gasteiger partial charge in [0.15, 0.2) is 0 Å². The minimum absolute atomic E-state index is 0.223. The van der Waals surface area contributed by atoms with Crippen LogP contribution in [-0.4, -0.2) is 71.5 Å². The SMILES string of the molecule is NCCCCC(NC(=O)C(Cc1c[nH]c2ccccc12)NC(=O)C1CCCN1)C(=O)NCC(=O)O. The number of aromatic nitrogens is 1. The summed E-state index contributed by atoms with van der Waals surface area (Å²) < 4.78 is 0. The van der Waals surface area contributed by atoms with Crippen molar-refractivity contribution < 1.29 is 24.3 Å². The Labute approximate surface area is 203 Å². The van der Waals surface area contributed by atoms with E-state index in [1.54, 1.807) is 0 Å². The molecule has 1 fully saturated rings. The number of aliphatic carboxylic acids is 1. The van der Waals surface area contributed by atoms with E-state index in [1.807, 2.05) is 30.5 Å². The highest BCUT2D eigenvalue weighted by molar-refractivity contribution is 5.94. The lowest BCUT2D eigenvalue weighted by molar-refractivity contribution is -0.138. The van der Waals surface area contributed by atoms with Gasteiger partial charge in [0.2, 0.25) is 17.7 Å². The Morgan fingerprint density at radius 1 is 1.09 bits per heavy atom. The predicted octanol–water partition coefficient (Wildman–Crippen LogP) is -0.238. The van der Waals surface area contributed by atoms with Gasteiger partial charge in [0, 0.05) is 23.5 Å². The van der Waals surface area contributed by atoms with Gasteiger partial charge in [-0.15, -0.1) is 0 Å². The van der Waals surface area contributed by atoms with Crippen LogP contribution in [0.25, 0.3) is 10.9 Å². The molecule has 2 heterocycles. The number of amides is 3. The quantitative estimate of drug-likeness (QED) is 0.191. The fraction of sp³-hybridized carbons (Fsp3) is 0.500. The minimum Gasteiger partial charge on any atom is -0.480 e. The van der Waals surface area contributed by atoms with Crippen LogP contribution < -0.4 is 27.0 Å². The van der Waals surface area contributed by atoms with Crippen LogP contribution in [0.5, 0.6) is 0 Å². The lowest BCUT2D eigenvalue weighted by Crippen LogP contribution is -2.56. The zero-order valence-electron chi connectivity index (χ0n) is 19.6. The first-order valence-corrected chi connectivity index (χ1v) is 12.0. The maximum absolute atomic E-state index is 13.4. The molecular formula is C24H34N6O5. The van der Waals surface area contributed by atoms with Crippen LogP contribution in [-0.2, 0) is 25.6 Å². The second-order valence-electron chi connectivity index (χ2n) is 8.73. The molecule has 11 nitrogen and oxygen atoms in total. The third kappa shape index (κ3) is 7.52. The van der Waals surface area contributed by atoms with Gasteiger partial charge in [-0.05, 0) is 56.8 Å². The van der Waals surface area contributed by atoms with Gasteiger partial charge in [-0.3, -0.25) is 19.2 Å². The smallest absolute Gasteiger partial charge is 0.322 e. The van der Waals surface area contributed by atoms with Crippen LogP contribution in [0, 0.1) is 0 Å². The number of hydrogen-bond donors (Lipinski definition) is 7. The molecule has 0 bridgehead atoms. The zero-order valence-corrected chi connectivity index (χ0v) is 19.6. The molecule has 0 aliphatic carbocycles. The Morgan fingerprint density at radius 3 is 2.60 bits per heavy atom. The highest BCUT2D eigenvalue weighted by atomic mass is 16.4. The summed E-state index contributed by atoms with van der Waals surface area (Å²) in [4.78, 5) is 52.9. The van der Waals surface area contributed by atoms with E-state index >= 15 is 0 Å². The Hall–Kier alpha value is -3.44. The van der Waals surface area contributed by atoms with E-state index in [2.05, 4.69) is 26.3 Å². The number of nitrogens with two attached hydrogens (primary N) is 1. The molecule has 1 aromatic carbocycles. The van der Waals surface area contributed by atoms with Crippen molar-refractivity contribution in [2.75, 3.05) is 19.6 Å². The molecule has 8 N–H and O–H groups in total. The molecule has 0 radical (unpaired) electrons. The molecular weight excluding hydrogens is 452 g/mol.